The van der Waals surface area contributed by atoms with Gasteiger partial charge in [0.05, 0.1) is 6.26 Å². The monoisotopic (exact) mass is 255 g/mol. The molecule has 2 heteroatoms. The average Bonchev–Trinajstić information content (AvgIpc) is 2.97. The second-order valence-electron chi connectivity index (χ2n) is 5.45. The zero-order valence-corrected chi connectivity index (χ0v) is 11.3. The molecule has 1 aromatic carbocycles. The van der Waals surface area contributed by atoms with E-state index in [2.05, 4.69) is 18.2 Å². The van der Waals surface area contributed by atoms with E-state index in [1.54, 1.807) is 6.26 Å². The van der Waals surface area contributed by atoms with Crippen molar-refractivity contribution in [3.8, 4) is 0 Å². The predicted octanol–water partition coefficient (Wildman–Crippen LogP) is 3.44. The molecule has 1 unspecified atom stereocenters. The molecule has 0 aliphatic heterocycles. The number of nitrogens with two attached hydrogens (primary N) is 1. The summed E-state index contributed by atoms with van der Waals surface area (Å²) in [6, 6.07) is 10.9. The van der Waals surface area contributed by atoms with Crippen molar-refractivity contribution in [1.82, 2.24) is 0 Å². The van der Waals surface area contributed by atoms with E-state index in [9.17, 15) is 0 Å². The molecule has 0 saturated heterocycles. The summed E-state index contributed by atoms with van der Waals surface area (Å²) in [4.78, 5) is 0. The summed E-state index contributed by atoms with van der Waals surface area (Å²) in [6.07, 6.45) is 7.74. The standard InChI is InChI=1S/C17H21NO/c18-12-16(11-17-6-3-9-19-17)15-8-7-13-4-1-2-5-14(13)10-15/h3,6-10,16H,1-2,4-5,11-12,18H2. The molecule has 2 nitrogen and oxygen atoms in total. The first-order valence-corrected chi connectivity index (χ1v) is 7.21. The van der Waals surface area contributed by atoms with Crippen molar-refractivity contribution in [3.05, 3.63) is 59.0 Å². The molecule has 100 valence electrons. The highest BCUT2D eigenvalue weighted by atomic mass is 16.3. The van der Waals surface area contributed by atoms with Gasteiger partial charge in [-0.25, -0.2) is 0 Å². The maximum Gasteiger partial charge on any atom is 0.104 e. The number of fused-ring (bicyclic) bond motifs is 1. The second-order valence-corrected chi connectivity index (χ2v) is 5.45. The highest BCUT2D eigenvalue weighted by molar-refractivity contribution is 5.36. The maximum absolute atomic E-state index is 5.96. The Bertz CT molecular complexity index is 530. The van der Waals surface area contributed by atoms with Crippen molar-refractivity contribution in [2.75, 3.05) is 6.54 Å². The van der Waals surface area contributed by atoms with Crippen molar-refractivity contribution in [2.24, 2.45) is 5.73 Å². The molecule has 0 saturated carbocycles. The van der Waals surface area contributed by atoms with E-state index < -0.39 is 0 Å². The molecule has 1 heterocycles. The molecule has 0 amide bonds. The van der Waals surface area contributed by atoms with Gasteiger partial charge < -0.3 is 10.2 Å². The number of rotatable bonds is 4. The van der Waals surface area contributed by atoms with Crippen LogP contribution in [0.1, 0.15) is 41.2 Å². The van der Waals surface area contributed by atoms with Crippen LogP contribution in [0.2, 0.25) is 0 Å². The highest BCUT2D eigenvalue weighted by Gasteiger charge is 2.15. The first kappa shape index (κ1) is 12.5. The van der Waals surface area contributed by atoms with Crippen LogP contribution in [0.5, 0.6) is 0 Å². The third kappa shape index (κ3) is 2.74. The largest absolute Gasteiger partial charge is 0.469 e. The molecule has 19 heavy (non-hydrogen) atoms. The van der Waals surface area contributed by atoms with E-state index in [0.29, 0.717) is 12.5 Å². The molecular formula is C17H21NO. The van der Waals surface area contributed by atoms with Crippen LogP contribution in [0, 0.1) is 0 Å². The molecule has 1 aromatic heterocycles. The van der Waals surface area contributed by atoms with Crippen LogP contribution in [0.15, 0.2) is 41.0 Å². The number of hydrogen-bond donors (Lipinski definition) is 1. The van der Waals surface area contributed by atoms with Crippen molar-refractivity contribution >= 4 is 0 Å². The average molecular weight is 255 g/mol. The Labute approximate surface area is 114 Å². The normalized spacial score (nSPS) is 16.1. The number of hydrogen-bond acceptors (Lipinski definition) is 2. The van der Waals surface area contributed by atoms with Crippen molar-refractivity contribution < 1.29 is 4.42 Å². The van der Waals surface area contributed by atoms with E-state index in [-0.39, 0.29) is 0 Å². The van der Waals surface area contributed by atoms with Gasteiger partial charge in [0.15, 0.2) is 0 Å². The van der Waals surface area contributed by atoms with Crippen LogP contribution < -0.4 is 5.73 Å². The summed E-state index contributed by atoms with van der Waals surface area (Å²) in [6.45, 7) is 0.666. The lowest BCUT2D eigenvalue weighted by atomic mass is 9.86. The van der Waals surface area contributed by atoms with Gasteiger partial charge in [0.25, 0.3) is 0 Å². The molecule has 3 rings (SSSR count). The summed E-state index contributed by atoms with van der Waals surface area (Å²) in [5.74, 6) is 1.38. The second kappa shape index (κ2) is 5.62. The summed E-state index contributed by atoms with van der Waals surface area (Å²) >= 11 is 0. The van der Waals surface area contributed by atoms with Crippen LogP contribution >= 0.6 is 0 Å². The lowest BCUT2D eigenvalue weighted by molar-refractivity contribution is 0.486. The summed E-state index contributed by atoms with van der Waals surface area (Å²) < 4.78 is 5.44. The van der Waals surface area contributed by atoms with Gasteiger partial charge in [-0.05, 0) is 61.1 Å². The molecular weight excluding hydrogens is 234 g/mol. The topological polar surface area (TPSA) is 39.2 Å². The molecule has 0 bridgehead atoms. The van der Waals surface area contributed by atoms with Gasteiger partial charge in [0.1, 0.15) is 5.76 Å². The van der Waals surface area contributed by atoms with Crippen LogP contribution in [0.4, 0.5) is 0 Å². The highest BCUT2D eigenvalue weighted by Crippen LogP contribution is 2.27. The predicted molar refractivity (Wildman–Crippen MR) is 77.3 cm³/mol. The van der Waals surface area contributed by atoms with E-state index in [4.69, 9.17) is 10.2 Å². The fourth-order valence-corrected chi connectivity index (χ4v) is 3.02. The molecule has 2 N–H and O–H groups in total. The van der Waals surface area contributed by atoms with Crippen molar-refractivity contribution in [1.29, 1.82) is 0 Å². The first-order valence-electron chi connectivity index (χ1n) is 7.21. The van der Waals surface area contributed by atoms with Crippen LogP contribution in [0.25, 0.3) is 0 Å². The van der Waals surface area contributed by atoms with E-state index in [1.165, 1.54) is 42.4 Å². The van der Waals surface area contributed by atoms with Crippen molar-refractivity contribution in [2.45, 2.75) is 38.0 Å². The number of furan rings is 1. The van der Waals surface area contributed by atoms with E-state index in [1.807, 2.05) is 12.1 Å². The first-order chi connectivity index (χ1) is 9.36. The Morgan fingerprint density at radius 1 is 1.11 bits per heavy atom. The van der Waals surface area contributed by atoms with Gasteiger partial charge in [0.2, 0.25) is 0 Å². The number of benzene rings is 1. The van der Waals surface area contributed by atoms with Crippen LogP contribution in [0.3, 0.4) is 0 Å². The Balaban J connectivity index is 1.82. The third-order valence-electron chi connectivity index (χ3n) is 4.16. The van der Waals surface area contributed by atoms with Gasteiger partial charge in [-0.3, -0.25) is 0 Å². The van der Waals surface area contributed by atoms with Crippen LogP contribution in [-0.4, -0.2) is 6.54 Å². The molecule has 1 aliphatic carbocycles. The van der Waals surface area contributed by atoms with E-state index in [0.717, 1.165) is 12.2 Å². The molecule has 1 atom stereocenters. The van der Waals surface area contributed by atoms with E-state index >= 15 is 0 Å². The van der Waals surface area contributed by atoms with Crippen LogP contribution in [-0.2, 0) is 19.3 Å². The summed E-state index contributed by atoms with van der Waals surface area (Å²) in [5, 5.41) is 0. The smallest absolute Gasteiger partial charge is 0.104 e. The number of aryl methyl sites for hydroxylation is 2. The maximum atomic E-state index is 5.96. The minimum absolute atomic E-state index is 0.360. The Hall–Kier alpha value is -1.54. The molecule has 0 radical (unpaired) electrons. The third-order valence-corrected chi connectivity index (χ3v) is 4.16. The lowest BCUT2D eigenvalue weighted by Crippen LogP contribution is -2.16. The lowest BCUT2D eigenvalue weighted by Gasteiger charge is -2.20. The zero-order chi connectivity index (χ0) is 13.1. The van der Waals surface area contributed by atoms with Crippen molar-refractivity contribution in [3.63, 3.8) is 0 Å². The molecule has 1 aliphatic rings. The van der Waals surface area contributed by atoms with Gasteiger partial charge in [-0.15, -0.1) is 0 Å². The minimum Gasteiger partial charge on any atom is -0.469 e. The molecule has 0 fully saturated rings. The van der Waals surface area contributed by atoms with Gasteiger partial charge in [-0.2, -0.15) is 0 Å². The Morgan fingerprint density at radius 3 is 2.68 bits per heavy atom. The molecule has 2 aromatic rings. The Morgan fingerprint density at radius 2 is 1.95 bits per heavy atom. The van der Waals surface area contributed by atoms with Gasteiger partial charge in [0, 0.05) is 12.3 Å². The van der Waals surface area contributed by atoms with Gasteiger partial charge >= 0.3 is 0 Å². The fourth-order valence-electron chi connectivity index (χ4n) is 3.02. The zero-order valence-electron chi connectivity index (χ0n) is 11.3. The summed E-state index contributed by atoms with van der Waals surface area (Å²) in [5.41, 5.74) is 10.4. The summed E-state index contributed by atoms with van der Waals surface area (Å²) in [7, 11) is 0. The minimum atomic E-state index is 0.360. The quantitative estimate of drug-likeness (QED) is 0.909. The molecule has 0 spiro atoms. The fraction of sp³-hybridized carbons (Fsp3) is 0.412. The van der Waals surface area contributed by atoms with Gasteiger partial charge in [-0.1, -0.05) is 18.2 Å². The SMILES string of the molecule is NCC(Cc1ccco1)c1ccc2c(c1)CCCC2. The Kier molecular flexibility index (Phi) is 3.69.